The number of halogens is 1. The topological polar surface area (TPSA) is 85.3 Å². The molecule has 21 heavy (non-hydrogen) atoms. The van der Waals surface area contributed by atoms with Crippen LogP contribution in [0.3, 0.4) is 0 Å². The molecule has 0 bridgehead atoms. The van der Waals surface area contributed by atoms with Crippen LogP contribution in [-0.4, -0.2) is 14.5 Å². The molecule has 0 aliphatic heterocycles. The van der Waals surface area contributed by atoms with Crippen LogP contribution in [0.5, 0.6) is 0 Å². The number of hydrogen-bond acceptors (Lipinski definition) is 4. The fraction of sp³-hybridized carbons (Fsp3) is 0.286. The third-order valence-electron chi connectivity index (χ3n) is 3.00. The molecule has 0 spiro atoms. The molecule has 0 radical (unpaired) electrons. The molecule has 0 aliphatic carbocycles. The predicted octanol–water partition coefficient (Wildman–Crippen LogP) is 2.30. The molecule has 114 valence electrons. The van der Waals surface area contributed by atoms with Gasteiger partial charge in [-0.1, -0.05) is 23.7 Å². The number of benzene rings is 1. The molecule has 2 aromatic rings. The van der Waals surface area contributed by atoms with Gasteiger partial charge in [0.05, 0.1) is 6.54 Å². The second-order valence-electron chi connectivity index (χ2n) is 4.88. The number of rotatable bonds is 6. The molecule has 1 heterocycles. The van der Waals surface area contributed by atoms with E-state index in [1.807, 2.05) is 31.2 Å². The summed E-state index contributed by atoms with van der Waals surface area (Å²) < 4.78 is 27.4. The minimum atomic E-state index is -3.78. The Morgan fingerprint density at radius 1 is 1.24 bits per heavy atom. The Kier molecular flexibility index (Phi) is 5.05. The highest BCUT2D eigenvalue weighted by atomic mass is 35.5. The van der Waals surface area contributed by atoms with Gasteiger partial charge in [0, 0.05) is 11.1 Å². The van der Waals surface area contributed by atoms with Crippen molar-refractivity contribution in [1.29, 1.82) is 0 Å². The number of nitrogens with two attached hydrogens (primary N) is 1. The minimum absolute atomic E-state index is 0.203. The molecule has 1 aromatic heterocycles. The van der Waals surface area contributed by atoms with Gasteiger partial charge in [0.25, 0.3) is 10.0 Å². The third-order valence-corrected chi connectivity index (χ3v) is 4.03. The van der Waals surface area contributed by atoms with E-state index in [9.17, 15) is 8.42 Å². The summed E-state index contributed by atoms with van der Waals surface area (Å²) in [5.74, 6) is 0.530. The molecule has 0 saturated carbocycles. The van der Waals surface area contributed by atoms with Crippen LogP contribution < -0.4 is 10.5 Å². The fourth-order valence-electron chi connectivity index (χ4n) is 1.93. The predicted molar refractivity (Wildman–Crippen MR) is 81.5 cm³/mol. The number of sulfonamides is 1. The third kappa shape index (κ3) is 4.86. The highest BCUT2D eigenvalue weighted by Crippen LogP contribution is 2.13. The van der Waals surface area contributed by atoms with Gasteiger partial charge in [-0.15, -0.1) is 0 Å². The number of hydrogen-bond donors (Lipinski definition) is 2. The van der Waals surface area contributed by atoms with Gasteiger partial charge in [0.15, 0.2) is 0 Å². The van der Waals surface area contributed by atoms with E-state index in [2.05, 4.69) is 5.32 Å². The smallest absolute Gasteiger partial charge is 0.271 e. The molecule has 0 amide bonds. The van der Waals surface area contributed by atoms with Crippen LogP contribution in [0.1, 0.15) is 18.2 Å². The Labute approximate surface area is 129 Å². The standard InChI is InChI=1S/C14H17ClN2O3S/c1-10(8-11-2-4-12(15)5-3-11)17-9-13-6-7-14(20-13)21(16,18)19/h2-7,10,17H,8-9H2,1H3,(H2,16,18,19). The maximum Gasteiger partial charge on any atom is 0.271 e. The summed E-state index contributed by atoms with van der Waals surface area (Å²) in [5.41, 5.74) is 1.17. The van der Waals surface area contributed by atoms with Gasteiger partial charge in [0.1, 0.15) is 5.76 Å². The Morgan fingerprint density at radius 3 is 2.48 bits per heavy atom. The van der Waals surface area contributed by atoms with Gasteiger partial charge >= 0.3 is 0 Å². The van der Waals surface area contributed by atoms with Crippen molar-refractivity contribution in [3.05, 3.63) is 52.7 Å². The van der Waals surface area contributed by atoms with Gasteiger partial charge in [-0.25, -0.2) is 13.6 Å². The van der Waals surface area contributed by atoms with Gasteiger partial charge in [0.2, 0.25) is 5.09 Å². The lowest BCUT2D eigenvalue weighted by Gasteiger charge is -2.12. The van der Waals surface area contributed by atoms with Crippen LogP contribution >= 0.6 is 11.6 Å². The summed E-state index contributed by atoms with van der Waals surface area (Å²) in [4.78, 5) is 0. The van der Waals surface area contributed by atoms with E-state index in [4.69, 9.17) is 21.2 Å². The molecule has 2 rings (SSSR count). The second kappa shape index (κ2) is 6.62. The number of furan rings is 1. The van der Waals surface area contributed by atoms with Gasteiger partial charge in [-0.05, 0) is 43.2 Å². The number of nitrogens with one attached hydrogen (secondary N) is 1. The summed E-state index contributed by atoms with van der Waals surface area (Å²) in [6, 6.07) is 10.8. The maximum atomic E-state index is 11.1. The van der Waals surface area contributed by atoms with E-state index in [0.717, 1.165) is 6.42 Å². The fourth-order valence-corrected chi connectivity index (χ4v) is 2.53. The van der Waals surface area contributed by atoms with E-state index in [-0.39, 0.29) is 11.1 Å². The van der Waals surface area contributed by atoms with Crippen molar-refractivity contribution in [3.63, 3.8) is 0 Å². The lowest BCUT2D eigenvalue weighted by atomic mass is 10.1. The summed E-state index contributed by atoms with van der Waals surface area (Å²) in [6.45, 7) is 2.47. The summed E-state index contributed by atoms with van der Waals surface area (Å²) in [7, 11) is -3.78. The van der Waals surface area contributed by atoms with Crippen molar-refractivity contribution in [2.45, 2.75) is 31.0 Å². The lowest BCUT2D eigenvalue weighted by molar-refractivity contribution is 0.391. The largest absolute Gasteiger partial charge is 0.447 e. The lowest BCUT2D eigenvalue weighted by Crippen LogP contribution is -2.27. The molecular weight excluding hydrogens is 312 g/mol. The van der Waals surface area contributed by atoms with Crippen LogP contribution in [0.2, 0.25) is 5.02 Å². The van der Waals surface area contributed by atoms with Crippen molar-refractivity contribution >= 4 is 21.6 Å². The van der Waals surface area contributed by atoms with Crippen LogP contribution in [0.25, 0.3) is 0 Å². The second-order valence-corrected chi connectivity index (χ2v) is 6.81. The Hall–Kier alpha value is -1.34. The van der Waals surface area contributed by atoms with Crippen LogP contribution in [0.4, 0.5) is 0 Å². The highest BCUT2D eigenvalue weighted by molar-refractivity contribution is 7.89. The zero-order valence-corrected chi connectivity index (χ0v) is 13.1. The monoisotopic (exact) mass is 328 g/mol. The molecule has 0 fully saturated rings. The van der Waals surface area contributed by atoms with Crippen LogP contribution in [0, 0.1) is 0 Å². The maximum absolute atomic E-state index is 11.1. The minimum Gasteiger partial charge on any atom is -0.447 e. The van der Waals surface area contributed by atoms with Crippen molar-refractivity contribution in [3.8, 4) is 0 Å². The Balaban J connectivity index is 1.88. The van der Waals surface area contributed by atoms with Crippen molar-refractivity contribution in [2.75, 3.05) is 0 Å². The van der Waals surface area contributed by atoms with Crippen LogP contribution in [-0.2, 0) is 23.0 Å². The van der Waals surface area contributed by atoms with Crippen molar-refractivity contribution in [2.24, 2.45) is 5.14 Å². The number of primary sulfonamides is 1. The van der Waals surface area contributed by atoms with Crippen molar-refractivity contribution in [1.82, 2.24) is 5.32 Å². The molecule has 0 saturated heterocycles. The molecular formula is C14H17ClN2O3S. The molecule has 5 nitrogen and oxygen atoms in total. The van der Waals surface area contributed by atoms with E-state index in [1.54, 1.807) is 6.07 Å². The van der Waals surface area contributed by atoms with E-state index >= 15 is 0 Å². The quantitative estimate of drug-likeness (QED) is 0.852. The SMILES string of the molecule is CC(Cc1ccc(Cl)cc1)NCc1ccc(S(N)(=O)=O)o1. The first kappa shape index (κ1) is 16.0. The van der Waals surface area contributed by atoms with Crippen molar-refractivity contribution < 1.29 is 12.8 Å². The molecule has 0 aliphatic rings. The van der Waals surface area contributed by atoms with Gasteiger partial charge in [-0.2, -0.15) is 0 Å². The average molecular weight is 329 g/mol. The summed E-state index contributed by atoms with van der Waals surface area (Å²) >= 11 is 5.84. The summed E-state index contributed by atoms with van der Waals surface area (Å²) in [6.07, 6.45) is 0.833. The van der Waals surface area contributed by atoms with Crippen LogP contribution in [0.15, 0.2) is 45.9 Å². The van der Waals surface area contributed by atoms with Gasteiger partial charge in [-0.3, -0.25) is 0 Å². The summed E-state index contributed by atoms with van der Waals surface area (Å²) in [5, 5.41) is 8.75. The van der Waals surface area contributed by atoms with E-state index in [0.29, 0.717) is 17.3 Å². The first-order chi connectivity index (χ1) is 9.84. The van der Waals surface area contributed by atoms with E-state index in [1.165, 1.54) is 11.6 Å². The Bertz CT molecular complexity index is 695. The first-order valence-corrected chi connectivity index (χ1v) is 8.36. The van der Waals surface area contributed by atoms with Gasteiger partial charge < -0.3 is 9.73 Å². The first-order valence-electron chi connectivity index (χ1n) is 6.44. The highest BCUT2D eigenvalue weighted by Gasteiger charge is 2.13. The van der Waals surface area contributed by atoms with E-state index < -0.39 is 10.0 Å². The Morgan fingerprint density at radius 2 is 1.90 bits per heavy atom. The molecule has 1 aromatic carbocycles. The molecule has 7 heteroatoms. The molecule has 1 unspecified atom stereocenters. The molecule has 3 N–H and O–H groups in total. The zero-order valence-electron chi connectivity index (χ0n) is 11.5. The average Bonchev–Trinajstić information content (AvgIpc) is 2.88. The zero-order chi connectivity index (χ0) is 15.5. The molecule has 1 atom stereocenters. The normalized spacial score (nSPS) is 13.3.